The van der Waals surface area contributed by atoms with Crippen LogP contribution in [-0.2, 0) is 0 Å². The molecule has 2 heterocycles. The van der Waals surface area contributed by atoms with Crippen molar-refractivity contribution in [2.45, 2.75) is 26.7 Å². The number of aromatic nitrogens is 2. The van der Waals surface area contributed by atoms with Crippen LogP contribution < -0.4 is 15.5 Å². The summed E-state index contributed by atoms with van der Waals surface area (Å²) in [5.41, 5.74) is 1.03. The van der Waals surface area contributed by atoms with Crippen LogP contribution in [0.4, 0.5) is 35.3 Å². The molecule has 2 aromatic rings. The number of rotatable bonds is 3. The van der Waals surface area contributed by atoms with Gasteiger partial charge in [-0.2, -0.15) is 0 Å². The molecule has 1 saturated heterocycles. The van der Waals surface area contributed by atoms with Gasteiger partial charge < -0.3 is 15.5 Å². The maximum absolute atomic E-state index is 13.7. The van der Waals surface area contributed by atoms with Gasteiger partial charge in [0.05, 0.1) is 22.8 Å². The Hall–Kier alpha value is -2.84. The molecule has 0 aliphatic carbocycles. The first-order valence-electron chi connectivity index (χ1n) is 8.18. The first kappa shape index (κ1) is 18.0. The van der Waals surface area contributed by atoms with Crippen LogP contribution in [0.1, 0.15) is 24.2 Å². The van der Waals surface area contributed by atoms with Gasteiger partial charge in [-0.05, 0) is 38.8 Å². The minimum Gasteiger partial charge on any atom is -0.341 e. The molecule has 2 amide bonds. The Morgan fingerprint density at radius 3 is 2.23 bits per heavy atom. The Morgan fingerprint density at radius 1 is 1.00 bits per heavy atom. The first-order valence-corrected chi connectivity index (χ1v) is 8.18. The molecule has 1 fully saturated rings. The Labute approximate surface area is 148 Å². The minimum absolute atomic E-state index is 0.383. The molecule has 0 atom stereocenters. The van der Waals surface area contributed by atoms with E-state index in [9.17, 15) is 18.0 Å². The van der Waals surface area contributed by atoms with Crippen molar-refractivity contribution in [2.75, 3.05) is 28.6 Å². The standard InChI is InChI=1S/C17H18F3N5O/c1-9-15(10(2)22-16(21-9)25-7-3-4-8-25)24-17(26)23-12-6-5-11(18)13(19)14(12)20/h5-6H,3-4,7-8H2,1-2H3,(H2,23,24,26). The van der Waals surface area contributed by atoms with Crippen molar-refractivity contribution >= 4 is 23.4 Å². The number of nitrogens with one attached hydrogen (secondary N) is 2. The molecule has 0 spiro atoms. The summed E-state index contributed by atoms with van der Waals surface area (Å²) < 4.78 is 39.9. The summed E-state index contributed by atoms with van der Waals surface area (Å²) in [4.78, 5) is 23.0. The molecule has 0 radical (unpaired) electrons. The monoisotopic (exact) mass is 365 g/mol. The van der Waals surface area contributed by atoms with Gasteiger partial charge in [-0.1, -0.05) is 0 Å². The number of urea groups is 1. The smallest absolute Gasteiger partial charge is 0.323 e. The highest BCUT2D eigenvalue weighted by Crippen LogP contribution is 2.24. The highest BCUT2D eigenvalue weighted by Gasteiger charge is 2.19. The van der Waals surface area contributed by atoms with E-state index >= 15 is 0 Å². The van der Waals surface area contributed by atoms with E-state index in [0.717, 1.165) is 38.1 Å². The van der Waals surface area contributed by atoms with Crippen molar-refractivity contribution in [3.8, 4) is 0 Å². The number of nitrogens with zero attached hydrogens (tertiary/aromatic N) is 3. The molecule has 26 heavy (non-hydrogen) atoms. The van der Waals surface area contributed by atoms with Crippen LogP contribution in [0.25, 0.3) is 0 Å². The summed E-state index contributed by atoms with van der Waals surface area (Å²) in [6, 6.07) is 0.872. The number of benzene rings is 1. The van der Waals surface area contributed by atoms with E-state index in [2.05, 4.69) is 25.5 Å². The molecule has 1 aliphatic heterocycles. The Kier molecular flexibility index (Phi) is 4.97. The second-order valence-electron chi connectivity index (χ2n) is 6.07. The lowest BCUT2D eigenvalue weighted by molar-refractivity contribution is 0.262. The van der Waals surface area contributed by atoms with Gasteiger partial charge >= 0.3 is 6.03 Å². The maximum Gasteiger partial charge on any atom is 0.323 e. The van der Waals surface area contributed by atoms with Crippen LogP contribution >= 0.6 is 0 Å². The van der Waals surface area contributed by atoms with E-state index in [-0.39, 0.29) is 0 Å². The Morgan fingerprint density at radius 2 is 1.62 bits per heavy atom. The van der Waals surface area contributed by atoms with Crippen LogP contribution in [0.5, 0.6) is 0 Å². The summed E-state index contributed by atoms with van der Waals surface area (Å²) in [6.07, 6.45) is 2.17. The highest BCUT2D eigenvalue weighted by molar-refractivity contribution is 6.00. The van der Waals surface area contributed by atoms with Gasteiger partial charge in [0.25, 0.3) is 0 Å². The lowest BCUT2D eigenvalue weighted by atomic mass is 10.2. The summed E-state index contributed by atoms with van der Waals surface area (Å²) in [5.74, 6) is -3.83. The normalized spacial score (nSPS) is 13.8. The van der Waals surface area contributed by atoms with Crippen molar-refractivity contribution in [3.63, 3.8) is 0 Å². The van der Waals surface area contributed by atoms with Gasteiger partial charge in [0.1, 0.15) is 0 Å². The topological polar surface area (TPSA) is 70.2 Å². The fourth-order valence-electron chi connectivity index (χ4n) is 2.83. The highest BCUT2D eigenvalue weighted by atomic mass is 19.2. The molecule has 0 bridgehead atoms. The zero-order valence-electron chi connectivity index (χ0n) is 14.4. The van der Waals surface area contributed by atoms with Gasteiger partial charge in [0.15, 0.2) is 17.5 Å². The second-order valence-corrected chi connectivity index (χ2v) is 6.07. The van der Waals surface area contributed by atoms with E-state index in [4.69, 9.17) is 0 Å². The van der Waals surface area contributed by atoms with Gasteiger partial charge in [-0.3, -0.25) is 0 Å². The number of amides is 2. The summed E-state index contributed by atoms with van der Waals surface area (Å²) in [5, 5.41) is 4.68. The van der Waals surface area contributed by atoms with Crippen molar-refractivity contribution in [1.82, 2.24) is 9.97 Å². The molecule has 138 valence electrons. The first-order chi connectivity index (χ1) is 12.4. The van der Waals surface area contributed by atoms with Crippen LogP contribution in [0.2, 0.25) is 0 Å². The summed E-state index contributed by atoms with van der Waals surface area (Å²) in [6.45, 7) is 5.23. The van der Waals surface area contributed by atoms with Gasteiger partial charge in [-0.15, -0.1) is 0 Å². The van der Waals surface area contributed by atoms with Crippen molar-refractivity contribution in [1.29, 1.82) is 0 Å². The van der Waals surface area contributed by atoms with Crippen LogP contribution in [0, 0.1) is 31.3 Å². The third-order valence-electron chi connectivity index (χ3n) is 4.17. The van der Waals surface area contributed by atoms with E-state index in [1.165, 1.54) is 0 Å². The number of halogens is 3. The molecular formula is C17H18F3N5O. The van der Waals surface area contributed by atoms with Gasteiger partial charge in [0, 0.05) is 13.1 Å². The number of carbonyl (C=O) groups excluding carboxylic acids is 1. The van der Waals surface area contributed by atoms with Crippen molar-refractivity contribution in [2.24, 2.45) is 0 Å². The number of hydrogen-bond acceptors (Lipinski definition) is 4. The predicted molar refractivity (Wildman–Crippen MR) is 91.9 cm³/mol. The minimum atomic E-state index is -1.64. The molecule has 1 aromatic carbocycles. The largest absolute Gasteiger partial charge is 0.341 e. The lowest BCUT2D eigenvalue weighted by Crippen LogP contribution is -2.24. The molecular weight excluding hydrogens is 347 g/mol. The predicted octanol–water partition coefficient (Wildman–Crippen LogP) is 3.75. The van der Waals surface area contributed by atoms with Crippen LogP contribution in [0.15, 0.2) is 12.1 Å². The second kappa shape index (κ2) is 7.19. The van der Waals surface area contributed by atoms with E-state index in [1.54, 1.807) is 13.8 Å². The average Bonchev–Trinajstić information content (AvgIpc) is 3.13. The van der Waals surface area contributed by atoms with Crippen LogP contribution in [-0.4, -0.2) is 29.1 Å². The lowest BCUT2D eigenvalue weighted by Gasteiger charge is -2.18. The molecule has 0 saturated carbocycles. The van der Waals surface area contributed by atoms with E-state index in [0.29, 0.717) is 23.0 Å². The average molecular weight is 365 g/mol. The van der Waals surface area contributed by atoms with Crippen LogP contribution in [0.3, 0.4) is 0 Å². The number of anilines is 3. The molecule has 2 N–H and O–H groups in total. The Bertz CT molecular complexity index is 830. The maximum atomic E-state index is 13.7. The van der Waals surface area contributed by atoms with E-state index in [1.807, 2.05) is 0 Å². The number of hydrogen-bond donors (Lipinski definition) is 2. The third-order valence-corrected chi connectivity index (χ3v) is 4.17. The summed E-state index contributed by atoms with van der Waals surface area (Å²) >= 11 is 0. The third kappa shape index (κ3) is 3.56. The molecule has 1 aliphatic rings. The van der Waals surface area contributed by atoms with Gasteiger partial charge in [0.2, 0.25) is 5.95 Å². The molecule has 6 nitrogen and oxygen atoms in total. The fourth-order valence-corrected chi connectivity index (χ4v) is 2.83. The number of aryl methyl sites for hydroxylation is 2. The number of carbonyl (C=O) groups is 1. The zero-order chi connectivity index (χ0) is 18.8. The molecule has 1 aromatic heterocycles. The SMILES string of the molecule is Cc1nc(N2CCCC2)nc(C)c1NC(=O)Nc1ccc(F)c(F)c1F. The van der Waals surface area contributed by atoms with Crippen molar-refractivity contribution in [3.05, 3.63) is 41.0 Å². The van der Waals surface area contributed by atoms with Crippen molar-refractivity contribution < 1.29 is 18.0 Å². The van der Waals surface area contributed by atoms with E-state index < -0.39 is 29.2 Å². The molecule has 9 heteroatoms. The molecule has 0 unspecified atom stereocenters. The Balaban J connectivity index is 1.76. The van der Waals surface area contributed by atoms with Gasteiger partial charge in [-0.25, -0.2) is 27.9 Å². The fraction of sp³-hybridized carbons (Fsp3) is 0.353. The zero-order valence-corrected chi connectivity index (χ0v) is 14.4. The quantitative estimate of drug-likeness (QED) is 0.813. The molecule has 3 rings (SSSR count). The summed E-state index contributed by atoms with van der Waals surface area (Å²) in [7, 11) is 0.